The molecule has 0 bridgehead atoms. The van der Waals surface area contributed by atoms with Gasteiger partial charge in [-0.05, 0) is 50.9 Å². The molecule has 2 heterocycles. The lowest BCUT2D eigenvalue weighted by Crippen LogP contribution is -2.39. The number of carbonyl (C=O) groups is 1. The summed E-state index contributed by atoms with van der Waals surface area (Å²) < 4.78 is 10.8. The monoisotopic (exact) mass is 330 g/mol. The third kappa shape index (κ3) is 3.73. The van der Waals surface area contributed by atoms with Gasteiger partial charge >= 0.3 is 0 Å². The van der Waals surface area contributed by atoms with Crippen molar-refractivity contribution >= 4 is 16.9 Å². The maximum Gasteiger partial charge on any atom is 0.227 e. The lowest BCUT2D eigenvalue weighted by Gasteiger charge is -2.32. The molecule has 5 nitrogen and oxygen atoms in total. The standard InChI is InChI=1S/C19H26N2O3/c1-20-8-5-14-6-9-21(10-7-14)19(22)11-15-13-24-18-12-16(23-2)3-4-17(15)18/h3-4,12-14,20H,5-11H2,1-2H3. The molecule has 24 heavy (non-hydrogen) atoms. The molecule has 1 fully saturated rings. The smallest absolute Gasteiger partial charge is 0.227 e. The van der Waals surface area contributed by atoms with Gasteiger partial charge in [0, 0.05) is 30.1 Å². The second-order valence-electron chi connectivity index (χ2n) is 6.52. The second kappa shape index (κ2) is 7.71. The Hall–Kier alpha value is -2.01. The van der Waals surface area contributed by atoms with Crippen molar-refractivity contribution in [2.24, 2.45) is 5.92 Å². The Labute approximate surface area is 143 Å². The summed E-state index contributed by atoms with van der Waals surface area (Å²) in [6.07, 6.45) is 5.52. The number of benzene rings is 1. The molecule has 0 saturated carbocycles. The second-order valence-corrected chi connectivity index (χ2v) is 6.52. The van der Waals surface area contributed by atoms with Crippen LogP contribution in [0, 0.1) is 5.92 Å². The molecule has 1 aliphatic heterocycles. The number of hydrogen-bond acceptors (Lipinski definition) is 4. The number of furan rings is 1. The number of piperidine rings is 1. The van der Waals surface area contributed by atoms with E-state index in [-0.39, 0.29) is 5.91 Å². The van der Waals surface area contributed by atoms with Gasteiger partial charge in [0.2, 0.25) is 5.91 Å². The zero-order valence-electron chi connectivity index (χ0n) is 14.5. The van der Waals surface area contributed by atoms with E-state index in [1.54, 1.807) is 13.4 Å². The number of ether oxygens (including phenoxy) is 1. The van der Waals surface area contributed by atoms with Gasteiger partial charge < -0.3 is 19.4 Å². The summed E-state index contributed by atoms with van der Waals surface area (Å²) >= 11 is 0. The van der Waals surface area contributed by atoms with Gasteiger partial charge in [-0.25, -0.2) is 0 Å². The van der Waals surface area contributed by atoms with E-state index in [1.807, 2.05) is 30.1 Å². The maximum absolute atomic E-state index is 12.6. The quantitative estimate of drug-likeness (QED) is 0.885. The fourth-order valence-corrected chi connectivity index (χ4v) is 3.42. The number of methoxy groups -OCH3 is 1. The van der Waals surface area contributed by atoms with Crippen LogP contribution in [0.15, 0.2) is 28.9 Å². The number of amides is 1. The Morgan fingerprint density at radius 1 is 1.38 bits per heavy atom. The van der Waals surface area contributed by atoms with Crippen molar-refractivity contribution in [2.75, 3.05) is 33.8 Å². The van der Waals surface area contributed by atoms with Crippen LogP contribution < -0.4 is 10.1 Å². The van der Waals surface area contributed by atoms with Crippen LogP contribution in [0.4, 0.5) is 0 Å². The molecule has 130 valence electrons. The van der Waals surface area contributed by atoms with Gasteiger partial charge in [0.15, 0.2) is 0 Å². The number of hydrogen-bond donors (Lipinski definition) is 1. The molecular weight excluding hydrogens is 304 g/mol. The van der Waals surface area contributed by atoms with Gasteiger partial charge in [-0.3, -0.25) is 4.79 Å². The third-order valence-electron chi connectivity index (χ3n) is 4.97. The minimum atomic E-state index is 0.195. The Kier molecular flexibility index (Phi) is 5.41. The molecule has 2 aromatic rings. The third-order valence-corrected chi connectivity index (χ3v) is 4.97. The van der Waals surface area contributed by atoms with E-state index in [4.69, 9.17) is 9.15 Å². The molecule has 0 atom stereocenters. The number of rotatable bonds is 6. The van der Waals surface area contributed by atoms with E-state index >= 15 is 0 Å². The zero-order chi connectivity index (χ0) is 16.9. The largest absolute Gasteiger partial charge is 0.497 e. The molecule has 0 aliphatic carbocycles. The van der Waals surface area contributed by atoms with Gasteiger partial charge in [0.1, 0.15) is 11.3 Å². The molecule has 1 aromatic carbocycles. The van der Waals surface area contributed by atoms with Crippen LogP contribution in [-0.4, -0.2) is 44.6 Å². The SMILES string of the molecule is CNCCC1CCN(C(=O)Cc2coc3cc(OC)ccc23)CC1. The minimum absolute atomic E-state index is 0.195. The fraction of sp³-hybridized carbons (Fsp3) is 0.526. The molecule has 3 rings (SSSR count). The molecular formula is C19H26N2O3. The molecule has 1 amide bonds. The summed E-state index contributed by atoms with van der Waals surface area (Å²) in [6.45, 7) is 2.80. The normalized spacial score (nSPS) is 15.8. The molecule has 1 N–H and O–H groups in total. The van der Waals surface area contributed by atoms with E-state index in [0.29, 0.717) is 6.42 Å². The Morgan fingerprint density at radius 3 is 2.88 bits per heavy atom. The highest BCUT2D eigenvalue weighted by molar-refractivity contribution is 5.88. The van der Waals surface area contributed by atoms with Crippen molar-refractivity contribution in [1.29, 1.82) is 0 Å². The first-order valence-corrected chi connectivity index (χ1v) is 8.67. The summed E-state index contributed by atoms with van der Waals surface area (Å²) in [5.74, 6) is 1.70. The van der Waals surface area contributed by atoms with Gasteiger partial charge in [0.25, 0.3) is 0 Å². The number of fused-ring (bicyclic) bond motifs is 1. The molecule has 0 radical (unpaired) electrons. The summed E-state index contributed by atoms with van der Waals surface area (Å²) in [6, 6.07) is 5.72. The highest BCUT2D eigenvalue weighted by Gasteiger charge is 2.23. The van der Waals surface area contributed by atoms with E-state index in [2.05, 4.69) is 5.32 Å². The zero-order valence-corrected chi connectivity index (χ0v) is 14.5. The average molecular weight is 330 g/mol. The number of nitrogens with zero attached hydrogens (tertiary/aromatic N) is 1. The lowest BCUT2D eigenvalue weighted by molar-refractivity contribution is -0.131. The van der Waals surface area contributed by atoms with Crippen LogP contribution in [0.2, 0.25) is 0 Å². The topological polar surface area (TPSA) is 54.7 Å². The summed E-state index contributed by atoms with van der Waals surface area (Å²) in [5.41, 5.74) is 1.72. The van der Waals surface area contributed by atoms with Gasteiger partial charge in [-0.2, -0.15) is 0 Å². The van der Waals surface area contributed by atoms with Crippen molar-refractivity contribution in [3.05, 3.63) is 30.0 Å². The maximum atomic E-state index is 12.6. The lowest BCUT2D eigenvalue weighted by atomic mass is 9.93. The Morgan fingerprint density at radius 2 is 2.17 bits per heavy atom. The predicted molar refractivity (Wildman–Crippen MR) is 94.3 cm³/mol. The first kappa shape index (κ1) is 16.8. The Balaban J connectivity index is 1.59. The molecule has 0 spiro atoms. The first-order valence-electron chi connectivity index (χ1n) is 8.67. The first-order chi connectivity index (χ1) is 11.7. The molecule has 1 aliphatic rings. The van der Waals surface area contributed by atoms with E-state index in [9.17, 15) is 4.79 Å². The number of nitrogens with one attached hydrogen (secondary N) is 1. The Bertz CT molecular complexity index is 687. The van der Waals surface area contributed by atoms with E-state index in [1.165, 1.54) is 6.42 Å². The molecule has 1 saturated heterocycles. The van der Waals surface area contributed by atoms with Crippen LogP contribution in [0.1, 0.15) is 24.8 Å². The minimum Gasteiger partial charge on any atom is -0.497 e. The van der Waals surface area contributed by atoms with Crippen molar-refractivity contribution in [1.82, 2.24) is 10.2 Å². The molecule has 1 aromatic heterocycles. The van der Waals surface area contributed by atoms with E-state index in [0.717, 1.165) is 60.7 Å². The summed E-state index contributed by atoms with van der Waals surface area (Å²) in [4.78, 5) is 14.6. The number of likely N-dealkylation sites (tertiary alicyclic amines) is 1. The highest BCUT2D eigenvalue weighted by Crippen LogP contribution is 2.27. The summed E-state index contributed by atoms with van der Waals surface area (Å²) in [7, 11) is 3.62. The van der Waals surface area contributed by atoms with Crippen LogP contribution in [-0.2, 0) is 11.2 Å². The fourth-order valence-electron chi connectivity index (χ4n) is 3.42. The molecule has 5 heteroatoms. The van der Waals surface area contributed by atoms with Crippen molar-refractivity contribution in [2.45, 2.75) is 25.7 Å². The van der Waals surface area contributed by atoms with Gasteiger partial charge in [0.05, 0.1) is 19.8 Å². The van der Waals surface area contributed by atoms with Crippen molar-refractivity contribution in [3.63, 3.8) is 0 Å². The van der Waals surface area contributed by atoms with Crippen molar-refractivity contribution in [3.8, 4) is 5.75 Å². The summed E-state index contributed by atoms with van der Waals surface area (Å²) in [5, 5.41) is 4.20. The predicted octanol–water partition coefficient (Wildman–Crippen LogP) is 2.83. The van der Waals surface area contributed by atoms with Crippen LogP contribution >= 0.6 is 0 Å². The average Bonchev–Trinajstić information content (AvgIpc) is 3.02. The van der Waals surface area contributed by atoms with Gasteiger partial charge in [-0.1, -0.05) is 0 Å². The van der Waals surface area contributed by atoms with Gasteiger partial charge in [-0.15, -0.1) is 0 Å². The number of carbonyl (C=O) groups excluding carboxylic acids is 1. The van der Waals surface area contributed by atoms with E-state index < -0.39 is 0 Å². The highest BCUT2D eigenvalue weighted by atomic mass is 16.5. The molecule has 0 unspecified atom stereocenters. The van der Waals surface area contributed by atoms with Crippen LogP contribution in [0.3, 0.4) is 0 Å². The van der Waals surface area contributed by atoms with Crippen LogP contribution in [0.5, 0.6) is 5.75 Å². The van der Waals surface area contributed by atoms with Crippen molar-refractivity contribution < 1.29 is 13.9 Å². The van der Waals surface area contributed by atoms with Crippen LogP contribution in [0.25, 0.3) is 11.0 Å².